The van der Waals surface area contributed by atoms with Gasteiger partial charge in [0.15, 0.2) is 0 Å². The molecule has 1 aromatic rings. The zero-order chi connectivity index (χ0) is 12.7. The topological polar surface area (TPSA) is 101 Å². The molecule has 1 atom stereocenters. The molecule has 0 bridgehead atoms. The first-order chi connectivity index (χ1) is 8.08. The number of hydrogen-bond acceptors (Lipinski definition) is 4. The van der Waals surface area contributed by atoms with Crippen LogP contribution in [0.1, 0.15) is 5.56 Å². The van der Waals surface area contributed by atoms with Crippen molar-refractivity contribution >= 4 is 22.9 Å². The van der Waals surface area contributed by atoms with Gasteiger partial charge < -0.3 is 20.3 Å². The molecule has 0 heterocycles. The highest BCUT2D eigenvalue weighted by Crippen LogP contribution is 2.09. The summed E-state index contributed by atoms with van der Waals surface area (Å²) in [5.74, 6) is -0.125. The summed E-state index contributed by atoms with van der Waals surface area (Å²) in [6.07, 6.45) is -0.443. The zero-order valence-electron chi connectivity index (χ0n) is 9.01. The second-order valence-electron chi connectivity index (χ2n) is 3.30. The van der Waals surface area contributed by atoms with Gasteiger partial charge in [0.1, 0.15) is 0 Å². The molecule has 0 saturated heterocycles. The molecule has 7 heteroatoms. The van der Waals surface area contributed by atoms with Gasteiger partial charge in [0.2, 0.25) is 0 Å². The number of carbonyl (C=O) groups is 1. The maximum Gasteiger partial charge on any atom is 0.404 e. The third-order valence-electron chi connectivity index (χ3n) is 2.04. The Labute approximate surface area is 101 Å². The molecule has 0 spiro atoms. The van der Waals surface area contributed by atoms with E-state index in [1.54, 1.807) is 12.1 Å². The second-order valence-corrected chi connectivity index (χ2v) is 4.20. The lowest BCUT2D eigenvalue weighted by Crippen LogP contribution is -2.23. The highest BCUT2D eigenvalue weighted by Gasteiger charge is 1.97. The summed E-state index contributed by atoms with van der Waals surface area (Å²) in [5, 5.41) is 13.4. The standard InChI is InChI=1S/C10H14N2O4S/c13-10(14)11-6-5-8-1-3-9(4-2-8)12-7-17(15)16/h1-4,11-12H,5-7H2,(H,13,14)(H,15,16)/p-1. The molecule has 1 unspecified atom stereocenters. The van der Waals surface area contributed by atoms with E-state index in [0.29, 0.717) is 18.7 Å². The van der Waals surface area contributed by atoms with Gasteiger partial charge in [-0.05, 0) is 35.2 Å². The number of carboxylic acid groups (broad SMARTS) is 1. The number of amides is 1. The molecule has 0 radical (unpaired) electrons. The van der Waals surface area contributed by atoms with Gasteiger partial charge in [0, 0.05) is 12.2 Å². The normalized spacial score (nSPS) is 11.8. The predicted octanol–water partition coefficient (Wildman–Crippen LogP) is 0.745. The molecule has 17 heavy (non-hydrogen) atoms. The van der Waals surface area contributed by atoms with Gasteiger partial charge in [-0.15, -0.1) is 0 Å². The summed E-state index contributed by atoms with van der Waals surface area (Å²) in [6, 6.07) is 7.14. The van der Waals surface area contributed by atoms with Crippen LogP contribution in [0.25, 0.3) is 0 Å². The molecule has 1 amide bonds. The lowest BCUT2D eigenvalue weighted by molar-refractivity contribution is 0.194. The van der Waals surface area contributed by atoms with E-state index in [0.717, 1.165) is 5.56 Å². The molecular weight excluding hydrogens is 244 g/mol. The van der Waals surface area contributed by atoms with E-state index in [1.807, 2.05) is 12.1 Å². The Balaban J connectivity index is 2.39. The number of hydrogen-bond donors (Lipinski definition) is 3. The van der Waals surface area contributed by atoms with Crippen molar-refractivity contribution < 1.29 is 18.7 Å². The number of anilines is 1. The van der Waals surface area contributed by atoms with Crippen LogP contribution in [-0.2, 0) is 17.5 Å². The highest BCUT2D eigenvalue weighted by atomic mass is 32.2. The average Bonchev–Trinajstić information content (AvgIpc) is 2.27. The molecule has 0 aromatic heterocycles. The SMILES string of the molecule is O=C(O)NCCc1ccc(NCS(=O)[O-])cc1. The highest BCUT2D eigenvalue weighted by molar-refractivity contribution is 7.79. The van der Waals surface area contributed by atoms with Crippen molar-refractivity contribution in [2.24, 2.45) is 0 Å². The lowest BCUT2D eigenvalue weighted by atomic mass is 10.1. The molecule has 1 rings (SSSR count). The lowest BCUT2D eigenvalue weighted by Gasteiger charge is -2.09. The molecule has 0 aliphatic heterocycles. The van der Waals surface area contributed by atoms with Crippen LogP contribution in [0.4, 0.5) is 10.5 Å². The first-order valence-electron chi connectivity index (χ1n) is 4.93. The van der Waals surface area contributed by atoms with Crippen molar-refractivity contribution in [2.75, 3.05) is 17.7 Å². The summed E-state index contributed by atoms with van der Waals surface area (Å²) in [5.41, 5.74) is 1.69. The quantitative estimate of drug-likeness (QED) is 0.652. The van der Waals surface area contributed by atoms with E-state index in [2.05, 4.69) is 10.6 Å². The third kappa shape index (κ3) is 5.88. The Hall–Kier alpha value is -1.60. The van der Waals surface area contributed by atoms with Gasteiger partial charge in [-0.3, -0.25) is 4.21 Å². The van der Waals surface area contributed by atoms with Crippen molar-refractivity contribution in [2.45, 2.75) is 6.42 Å². The Bertz CT molecular complexity index is 394. The fraction of sp³-hybridized carbons (Fsp3) is 0.300. The van der Waals surface area contributed by atoms with Gasteiger partial charge in [-0.2, -0.15) is 0 Å². The van der Waals surface area contributed by atoms with Crippen LogP contribution in [0.2, 0.25) is 0 Å². The van der Waals surface area contributed by atoms with Gasteiger partial charge in [0.05, 0.1) is 5.88 Å². The van der Waals surface area contributed by atoms with Gasteiger partial charge in [-0.25, -0.2) is 4.79 Å². The van der Waals surface area contributed by atoms with Crippen molar-refractivity contribution in [3.63, 3.8) is 0 Å². The minimum Gasteiger partial charge on any atom is -0.771 e. The minimum absolute atomic E-state index is 0.125. The fourth-order valence-corrected chi connectivity index (χ4v) is 1.53. The maximum atomic E-state index is 10.3. The maximum absolute atomic E-state index is 10.3. The molecule has 0 saturated carbocycles. The van der Waals surface area contributed by atoms with Crippen molar-refractivity contribution in [1.29, 1.82) is 0 Å². The molecule has 0 aliphatic carbocycles. The number of rotatable bonds is 6. The average molecular weight is 257 g/mol. The minimum atomic E-state index is -2.12. The first kappa shape index (κ1) is 13.5. The van der Waals surface area contributed by atoms with Gasteiger partial charge in [-0.1, -0.05) is 12.1 Å². The van der Waals surface area contributed by atoms with Crippen LogP contribution in [0.5, 0.6) is 0 Å². The molecule has 0 aliphatic rings. The van der Waals surface area contributed by atoms with Crippen molar-refractivity contribution in [3.05, 3.63) is 29.8 Å². The molecular formula is C10H13N2O4S-. The number of benzene rings is 1. The Morgan fingerprint density at radius 2 is 2.00 bits per heavy atom. The third-order valence-corrected chi connectivity index (χ3v) is 2.42. The van der Waals surface area contributed by atoms with Crippen LogP contribution in [0.15, 0.2) is 24.3 Å². The Kier molecular flexibility index (Phi) is 5.44. The fourth-order valence-electron chi connectivity index (χ4n) is 1.25. The molecule has 6 nitrogen and oxygen atoms in total. The monoisotopic (exact) mass is 257 g/mol. The molecule has 0 fully saturated rings. The molecule has 3 N–H and O–H groups in total. The van der Waals surface area contributed by atoms with Gasteiger partial charge in [0.25, 0.3) is 0 Å². The predicted molar refractivity (Wildman–Crippen MR) is 63.6 cm³/mol. The summed E-state index contributed by atoms with van der Waals surface area (Å²) >= 11 is -2.12. The Morgan fingerprint density at radius 1 is 1.35 bits per heavy atom. The van der Waals surface area contributed by atoms with E-state index < -0.39 is 17.2 Å². The first-order valence-corrected chi connectivity index (χ1v) is 6.18. The zero-order valence-corrected chi connectivity index (χ0v) is 9.83. The van der Waals surface area contributed by atoms with Crippen molar-refractivity contribution in [1.82, 2.24) is 5.32 Å². The van der Waals surface area contributed by atoms with E-state index in [1.165, 1.54) is 0 Å². The largest absolute Gasteiger partial charge is 0.771 e. The summed E-state index contributed by atoms with van der Waals surface area (Å²) in [6.45, 7) is 0.354. The smallest absolute Gasteiger partial charge is 0.404 e. The van der Waals surface area contributed by atoms with Crippen LogP contribution in [0.3, 0.4) is 0 Å². The van der Waals surface area contributed by atoms with E-state index in [4.69, 9.17) is 5.11 Å². The number of nitrogens with one attached hydrogen (secondary N) is 2. The summed E-state index contributed by atoms with van der Waals surface area (Å²) < 4.78 is 20.6. The van der Waals surface area contributed by atoms with Gasteiger partial charge >= 0.3 is 6.09 Å². The van der Waals surface area contributed by atoms with Crippen LogP contribution in [-0.4, -0.2) is 32.4 Å². The second kappa shape index (κ2) is 6.87. The van der Waals surface area contributed by atoms with Crippen LogP contribution >= 0.6 is 0 Å². The van der Waals surface area contributed by atoms with E-state index in [9.17, 15) is 13.6 Å². The van der Waals surface area contributed by atoms with E-state index >= 15 is 0 Å². The van der Waals surface area contributed by atoms with Crippen molar-refractivity contribution in [3.8, 4) is 0 Å². The van der Waals surface area contributed by atoms with Crippen LogP contribution in [0, 0.1) is 0 Å². The molecule has 1 aromatic carbocycles. The summed E-state index contributed by atoms with van der Waals surface area (Å²) in [7, 11) is 0. The Morgan fingerprint density at radius 3 is 2.53 bits per heavy atom. The van der Waals surface area contributed by atoms with Crippen LogP contribution < -0.4 is 10.6 Å². The van der Waals surface area contributed by atoms with E-state index in [-0.39, 0.29) is 5.88 Å². The summed E-state index contributed by atoms with van der Waals surface area (Å²) in [4.78, 5) is 10.2. The molecule has 94 valence electrons.